The average Bonchev–Trinajstić information content (AvgIpc) is 2.99. The van der Waals surface area contributed by atoms with Gasteiger partial charge in [0.05, 0.1) is 6.21 Å². The topological polar surface area (TPSA) is 86.7 Å². The Morgan fingerprint density at radius 2 is 2.16 bits per heavy atom. The molecule has 0 atom stereocenters. The summed E-state index contributed by atoms with van der Waals surface area (Å²) in [5, 5.41) is 13.3. The fourth-order valence-corrected chi connectivity index (χ4v) is 1.95. The first kappa shape index (κ1) is 18.5. The second kappa shape index (κ2) is 8.85. The van der Waals surface area contributed by atoms with E-state index in [9.17, 15) is 0 Å². The Morgan fingerprint density at radius 1 is 1.40 bits per heavy atom. The quantitative estimate of drug-likeness (QED) is 0.586. The van der Waals surface area contributed by atoms with Gasteiger partial charge in [-0.15, -0.1) is 0 Å². The van der Waals surface area contributed by atoms with E-state index >= 15 is 0 Å². The van der Waals surface area contributed by atoms with Crippen molar-refractivity contribution >= 4 is 12.1 Å². The zero-order chi connectivity index (χ0) is 18.2. The van der Waals surface area contributed by atoms with Crippen LogP contribution in [0.3, 0.4) is 0 Å². The molecule has 0 radical (unpaired) electrons. The zero-order valence-electron chi connectivity index (χ0n) is 15.0. The van der Waals surface area contributed by atoms with Crippen molar-refractivity contribution in [3.05, 3.63) is 41.4 Å². The smallest absolute Gasteiger partial charge is 0.252 e. The van der Waals surface area contributed by atoms with Gasteiger partial charge >= 0.3 is 0 Å². The maximum Gasteiger partial charge on any atom is 0.252 e. The van der Waals surface area contributed by atoms with E-state index in [0.717, 1.165) is 17.9 Å². The molecule has 0 saturated carbocycles. The van der Waals surface area contributed by atoms with Gasteiger partial charge in [0, 0.05) is 18.0 Å². The number of hydrogen-bond acceptors (Lipinski definition) is 7. The molecule has 0 spiro atoms. The fraction of sp³-hybridized carbons (Fsp3) is 0.389. The van der Waals surface area contributed by atoms with Gasteiger partial charge in [-0.2, -0.15) is 10.4 Å². The van der Waals surface area contributed by atoms with Gasteiger partial charge in [0.15, 0.2) is 0 Å². The zero-order valence-corrected chi connectivity index (χ0v) is 15.0. The van der Waals surface area contributed by atoms with Gasteiger partial charge in [0.1, 0.15) is 18.4 Å². The van der Waals surface area contributed by atoms with Crippen molar-refractivity contribution in [2.75, 3.05) is 32.7 Å². The first-order valence-electron chi connectivity index (χ1n) is 8.07. The number of hydrogen-bond donors (Lipinski definition) is 1. The van der Waals surface area contributed by atoms with Crippen LogP contribution in [0.2, 0.25) is 0 Å². The molecule has 0 saturated heterocycles. The number of likely N-dealkylation sites (N-methyl/N-ethyl adjacent to an activating group) is 1. The molecule has 0 aliphatic heterocycles. The summed E-state index contributed by atoms with van der Waals surface area (Å²) in [4.78, 5) is 6.19. The highest BCUT2D eigenvalue weighted by Gasteiger charge is 2.14. The minimum atomic E-state index is 0.0949. The third-order valence-electron chi connectivity index (χ3n) is 3.33. The number of nitriles is 1. The highest BCUT2D eigenvalue weighted by Crippen LogP contribution is 2.22. The summed E-state index contributed by atoms with van der Waals surface area (Å²) in [6.45, 7) is 5.30. The van der Waals surface area contributed by atoms with Crippen LogP contribution in [0.1, 0.15) is 36.9 Å². The van der Waals surface area contributed by atoms with E-state index in [0.29, 0.717) is 12.5 Å². The van der Waals surface area contributed by atoms with E-state index in [-0.39, 0.29) is 17.5 Å². The Kier molecular flexibility index (Phi) is 6.54. The Bertz CT molecular complexity index is 759. The maximum absolute atomic E-state index is 9.13. The number of ether oxygens (including phenoxy) is 1. The molecule has 7 heteroatoms. The van der Waals surface area contributed by atoms with Crippen LogP contribution in [0.5, 0.6) is 5.75 Å². The molecule has 132 valence electrons. The summed E-state index contributed by atoms with van der Waals surface area (Å²) < 4.78 is 11.3. The van der Waals surface area contributed by atoms with E-state index in [4.69, 9.17) is 14.4 Å². The molecule has 1 N–H and O–H groups in total. The molecule has 7 nitrogen and oxygen atoms in total. The van der Waals surface area contributed by atoms with Gasteiger partial charge in [0.2, 0.25) is 11.6 Å². The number of para-hydroxylation sites is 1. The number of hydrazone groups is 1. The van der Waals surface area contributed by atoms with Crippen molar-refractivity contribution < 1.29 is 9.15 Å². The van der Waals surface area contributed by atoms with Crippen LogP contribution >= 0.6 is 0 Å². The largest absolute Gasteiger partial charge is 0.492 e. The van der Waals surface area contributed by atoms with Crippen molar-refractivity contribution in [1.29, 1.82) is 5.26 Å². The van der Waals surface area contributed by atoms with Crippen molar-refractivity contribution in [2.24, 2.45) is 5.10 Å². The highest BCUT2D eigenvalue weighted by atomic mass is 16.5. The third-order valence-corrected chi connectivity index (χ3v) is 3.33. The lowest BCUT2D eigenvalue weighted by molar-refractivity contribution is 0.261. The summed E-state index contributed by atoms with van der Waals surface area (Å²) in [6, 6.07) is 9.62. The average molecular weight is 341 g/mol. The van der Waals surface area contributed by atoms with Crippen LogP contribution in [-0.4, -0.2) is 43.3 Å². The minimum absolute atomic E-state index is 0.0949. The van der Waals surface area contributed by atoms with E-state index in [1.807, 2.05) is 58.3 Å². The lowest BCUT2D eigenvalue weighted by Crippen LogP contribution is -2.19. The van der Waals surface area contributed by atoms with Crippen molar-refractivity contribution in [2.45, 2.75) is 19.8 Å². The number of anilines is 1. The molecule has 1 aromatic carbocycles. The van der Waals surface area contributed by atoms with Crippen LogP contribution in [0.25, 0.3) is 0 Å². The van der Waals surface area contributed by atoms with Crippen molar-refractivity contribution in [1.82, 2.24) is 9.88 Å². The van der Waals surface area contributed by atoms with Gasteiger partial charge in [0.25, 0.3) is 5.88 Å². The van der Waals surface area contributed by atoms with Gasteiger partial charge < -0.3 is 14.1 Å². The Labute approximate surface area is 147 Å². The van der Waals surface area contributed by atoms with Crippen LogP contribution in [-0.2, 0) is 0 Å². The predicted molar refractivity (Wildman–Crippen MR) is 97.0 cm³/mol. The Balaban J connectivity index is 2.06. The van der Waals surface area contributed by atoms with Crippen molar-refractivity contribution in [3.8, 4) is 11.8 Å². The van der Waals surface area contributed by atoms with E-state index in [2.05, 4.69) is 20.4 Å². The second-order valence-corrected chi connectivity index (χ2v) is 6.06. The highest BCUT2D eigenvalue weighted by molar-refractivity contribution is 5.83. The molecule has 1 heterocycles. The summed E-state index contributed by atoms with van der Waals surface area (Å²) in [5.41, 5.74) is 3.76. The van der Waals surface area contributed by atoms with Crippen LogP contribution in [0, 0.1) is 11.3 Å². The molecule has 2 rings (SSSR count). The number of benzene rings is 1. The molecule has 2 aromatic rings. The number of rotatable bonds is 8. The number of aromatic nitrogens is 1. The van der Waals surface area contributed by atoms with Crippen LogP contribution in [0.4, 0.5) is 5.88 Å². The number of nitrogens with zero attached hydrogens (tertiary/aromatic N) is 4. The minimum Gasteiger partial charge on any atom is -0.492 e. The fourth-order valence-electron chi connectivity index (χ4n) is 1.95. The first-order valence-corrected chi connectivity index (χ1v) is 8.07. The number of oxazole rings is 1. The molecule has 0 unspecified atom stereocenters. The first-order chi connectivity index (χ1) is 12.0. The van der Waals surface area contributed by atoms with E-state index in [1.165, 1.54) is 0 Å². The maximum atomic E-state index is 9.13. The Morgan fingerprint density at radius 3 is 2.84 bits per heavy atom. The van der Waals surface area contributed by atoms with Crippen LogP contribution < -0.4 is 10.2 Å². The molecule has 0 aliphatic carbocycles. The van der Waals surface area contributed by atoms with Gasteiger partial charge in [-0.1, -0.05) is 26.0 Å². The summed E-state index contributed by atoms with van der Waals surface area (Å²) in [6.07, 6.45) is 1.63. The molecular formula is C18H23N5O2. The van der Waals surface area contributed by atoms with Gasteiger partial charge in [-0.3, -0.25) is 0 Å². The summed E-state index contributed by atoms with van der Waals surface area (Å²) in [7, 11) is 3.99. The molecule has 0 fully saturated rings. The molecule has 0 amide bonds. The van der Waals surface area contributed by atoms with Gasteiger partial charge in [-0.25, -0.2) is 10.4 Å². The molecule has 1 aromatic heterocycles. The summed E-state index contributed by atoms with van der Waals surface area (Å²) in [5.74, 6) is 1.59. The molecule has 25 heavy (non-hydrogen) atoms. The summed E-state index contributed by atoms with van der Waals surface area (Å²) >= 11 is 0. The van der Waals surface area contributed by atoms with Crippen LogP contribution in [0.15, 0.2) is 33.8 Å². The van der Waals surface area contributed by atoms with Gasteiger partial charge in [-0.05, 0) is 26.2 Å². The normalized spacial score (nSPS) is 11.2. The van der Waals surface area contributed by atoms with Crippen molar-refractivity contribution in [3.63, 3.8) is 0 Å². The third kappa shape index (κ3) is 5.33. The lowest BCUT2D eigenvalue weighted by Gasteiger charge is -2.12. The molecular weight excluding hydrogens is 318 g/mol. The van der Waals surface area contributed by atoms with E-state index in [1.54, 1.807) is 6.21 Å². The second-order valence-electron chi connectivity index (χ2n) is 6.06. The standard InChI is InChI=1S/C18H23N5O2/c1-13(2)17-21-15(11-19)18(25-17)22-20-12-14-7-5-6-8-16(14)24-10-9-23(3)4/h5-8,12-13,22H,9-10H2,1-4H3. The lowest BCUT2D eigenvalue weighted by atomic mass is 10.2. The predicted octanol–water partition coefficient (Wildman–Crippen LogP) is 3.06. The SMILES string of the molecule is CC(C)c1nc(C#N)c(NN=Cc2ccccc2OCCN(C)C)o1. The Hall–Kier alpha value is -2.85. The van der Waals surface area contributed by atoms with E-state index < -0.39 is 0 Å². The monoisotopic (exact) mass is 341 g/mol. The molecule has 0 aliphatic rings. The molecule has 0 bridgehead atoms. The number of nitrogens with one attached hydrogen (secondary N) is 1.